The van der Waals surface area contributed by atoms with Gasteiger partial charge in [0.2, 0.25) is 17.6 Å². The van der Waals surface area contributed by atoms with Crippen molar-refractivity contribution in [3.63, 3.8) is 0 Å². The average Bonchev–Trinajstić information content (AvgIpc) is 3.22. The Kier molecular flexibility index (Phi) is 3.55. The number of nitrogens with one attached hydrogen (secondary N) is 1. The highest BCUT2D eigenvalue weighted by Gasteiger charge is 2.48. The molecule has 8 nitrogen and oxygen atoms in total. The minimum atomic E-state index is -0.445. The molecule has 0 spiro atoms. The molecule has 140 valence electrons. The standard InChI is InChI=1S/C20H17N5O3/c1-11-6-8-12(9-7-11)17-22-20-21-15(26)10-16(25(20)23-17)24-18(27)13-4-2-3-5-14(13)19(24)28/h2-3,6-10,13-14H,4-5H2,1H3,(H,21,22,23,26)/t13-,14-/m0/s1. The first-order chi connectivity index (χ1) is 13.5. The zero-order valence-electron chi connectivity index (χ0n) is 15.1. The minimum Gasteiger partial charge on any atom is -0.291 e. The van der Waals surface area contributed by atoms with E-state index in [0.717, 1.165) is 16.0 Å². The van der Waals surface area contributed by atoms with Crippen LogP contribution in [-0.2, 0) is 9.59 Å². The average molecular weight is 375 g/mol. The highest BCUT2D eigenvalue weighted by Crippen LogP contribution is 2.37. The van der Waals surface area contributed by atoms with Gasteiger partial charge in [0.15, 0.2) is 11.6 Å². The number of H-pyrrole nitrogens is 1. The number of anilines is 1. The van der Waals surface area contributed by atoms with E-state index in [2.05, 4.69) is 15.1 Å². The van der Waals surface area contributed by atoms with Crippen LogP contribution in [0, 0.1) is 18.8 Å². The Balaban J connectivity index is 1.65. The molecule has 0 unspecified atom stereocenters. The molecule has 1 N–H and O–H groups in total. The van der Waals surface area contributed by atoms with Crippen LogP contribution < -0.4 is 10.5 Å². The first kappa shape index (κ1) is 16.6. The van der Waals surface area contributed by atoms with Crippen molar-refractivity contribution in [2.45, 2.75) is 19.8 Å². The van der Waals surface area contributed by atoms with Crippen LogP contribution in [0.15, 0.2) is 47.3 Å². The molecule has 2 aromatic heterocycles. The quantitative estimate of drug-likeness (QED) is 0.544. The lowest BCUT2D eigenvalue weighted by atomic mass is 9.85. The van der Waals surface area contributed by atoms with E-state index in [1.165, 1.54) is 10.6 Å². The fourth-order valence-corrected chi connectivity index (χ4v) is 3.89. The highest BCUT2D eigenvalue weighted by molar-refractivity contribution is 6.21. The zero-order valence-corrected chi connectivity index (χ0v) is 15.1. The Morgan fingerprint density at radius 1 is 1.00 bits per heavy atom. The molecular formula is C20H17N5O3. The van der Waals surface area contributed by atoms with Crippen LogP contribution in [0.5, 0.6) is 0 Å². The second kappa shape index (κ2) is 5.98. The van der Waals surface area contributed by atoms with E-state index in [4.69, 9.17) is 0 Å². The first-order valence-electron chi connectivity index (χ1n) is 9.13. The van der Waals surface area contributed by atoms with E-state index in [-0.39, 0.29) is 35.2 Å². The van der Waals surface area contributed by atoms with Crippen LogP contribution in [0.3, 0.4) is 0 Å². The molecule has 2 atom stereocenters. The van der Waals surface area contributed by atoms with Gasteiger partial charge in [-0.1, -0.05) is 42.0 Å². The summed E-state index contributed by atoms with van der Waals surface area (Å²) in [5.41, 5.74) is 1.43. The maximum absolute atomic E-state index is 12.9. The summed E-state index contributed by atoms with van der Waals surface area (Å²) in [7, 11) is 0. The van der Waals surface area contributed by atoms with Crippen LogP contribution in [0.1, 0.15) is 18.4 Å². The number of fused-ring (bicyclic) bond motifs is 2. The van der Waals surface area contributed by atoms with Gasteiger partial charge in [-0.2, -0.15) is 9.50 Å². The number of hydrogen-bond donors (Lipinski definition) is 1. The Labute approximate surface area is 159 Å². The van der Waals surface area contributed by atoms with E-state index < -0.39 is 5.56 Å². The van der Waals surface area contributed by atoms with Gasteiger partial charge < -0.3 is 0 Å². The summed E-state index contributed by atoms with van der Waals surface area (Å²) < 4.78 is 1.36. The van der Waals surface area contributed by atoms with Gasteiger partial charge in [0, 0.05) is 11.6 Å². The number of carbonyl (C=O) groups is 2. The summed E-state index contributed by atoms with van der Waals surface area (Å²) in [4.78, 5) is 46.1. The summed E-state index contributed by atoms with van der Waals surface area (Å²) in [6, 6.07) is 8.87. The number of rotatable bonds is 2. The Morgan fingerprint density at radius 3 is 2.29 bits per heavy atom. The molecule has 28 heavy (non-hydrogen) atoms. The van der Waals surface area contributed by atoms with E-state index >= 15 is 0 Å². The number of amides is 2. The third kappa shape index (κ3) is 2.41. The van der Waals surface area contributed by atoms with Crippen molar-refractivity contribution in [2.24, 2.45) is 11.8 Å². The predicted octanol–water partition coefficient (Wildman–Crippen LogP) is 1.85. The Bertz CT molecular complexity index is 1180. The van der Waals surface area contributed by atoms with Crippen molar-refractivity contribution < 1.29 is 9.59 Å². The van der Waals surface area contributed by atoms with Crippen LogP contribution in [0.4, 0.5) is 5.82 Å². The third-order valence-electron chi connectivity index (χ3n) is 5.37. The number of nitrogens with zero attached hydrogens (tertiary/aromatic N) is 4. The number of aryl methyl sites for hydroxylation is 1. The molecule has 1 saturated heterocycles. The van der Waals surface area contributed by atoms with Crippen molar-refractivity contribution in [1.82, 2.24) is 19.6 Å². The lowest BCUT2D eigenvalue weighted by Crippen LogP contribution is -2.34. The fraction of sp³-hybridized carbons (Fsp3) is 0.250. The van der Waals surface area contributed by atoms with Gasteiger partial charge in [0.1, 0.15) is 0 Å². The van der Waals surface area contributed by atoms with Gasteiger partial charge in [-0.25, -0.2) is 4.90 Å². The lowest BCUT2D eigenvalue weighted by molar-refractivity contribution is -0.122. The highest BCUT2D eigenvalue weighted by atomic mass is 16.2. The molecule has 1 fully saturated rings. The number of aromatic nitrogens is 4. The van der Waals surface area contributed by atoms with E-state index in [9.17, 15) is 14.4 Å². The van der Waals surface area contributed by atoms with Crippen molar-refractivity contribution in [2.75, 3.05) is 4.90 Å². The van der Waals surface area contributed by atoms with Crippen LogP contribution in [0.25, 0.3) is 17.2 Å². The summed E-state index contributed by atoms with van der Waals surface area (Å²) in [5, 5.41) is 4.46. The van der Waals surface area contributed by atoms with Gasteiger partial charge in [-0.05, 0) is 19.8 Å². The second-order valence-corrected chi connectivity index (χ2v) is 7.20. The molecule has 1 aliphatic carbocycles. The van der Waals surface area contributed by atoms with Crippen LogP contribution >= 0.6 is 0 Å². The number of aromatic amines is 1. The van der Waals surface area contributed by atoms with E-state index in [1.807, 2.05) is 43.3 Å². The summed E-state index contributed by atoms with van der Waals surface area (Å²) in [6.07, 6.45) is 4.91. The number of benzene rings is 1. The molecule has 3 heterocycles. The molecule has 5 rings (SSSR count). The van der Waals surface area contributed by atoms with Crippen molar-refractivity contribution in [3.8, 4) is 11.4 Å². The molecule has 2 aliphatic rings. The smallest absolute Gasteiger partial charge is 0.254 e. The third-order valence-corrected chi connectivity index (χ3v) is 5.37. The second-order valence-electron chi connectivity index (χ2n) is 7.20. The molecular weight excluding hydrogens is 358 g/mol. The minimum absolute atomic E-state index is 0.133. The molecule has 3 aromatic rings. The largest absolute Gasteiger partial charge is 0.291 e. The van der Waals surface area contributed by atoms with Gasteiger partial charge in [0.05, 0.1) is 11.8 Å². The molecule has 0 radical (unpaired) electrons. The van der Waals surface area contributed by atoms with Gasteiger partial charge in [-0.3, -0.25) is 19.4 Å². The van der Waals surface area contributed by atoms with Gasteiger partial charge >= 0.3 is 0 Å². The normalized spacial score (nSPS) is 21.5. The van der Waals surface area contributed by atoms with Crippen molar-refractivity contribution in [1.29, 1.82) is 0 Å². The molecule has 0 saturated carbocycles. The molecule has 1 aliphatic heterocycles. The molecule has 1 aromatic carbocycles. The van der Waals surface area contributed by atoms with Crippen molar-refractivity contribution >= 4 is 23.4 Å². The number of hydrogen-bond acceptors (Lipinski definition) is 5. The maximum Gasteiger partial charge on any atom is 0.254 e. The molecule has 0 bridgehead atoms. The Hall–Kier alpha value is -3.55. The van der Waals surface area contributed by atoms with Gasteiger partial charge in [0.25, 0.3) is 5.56 Å². The topological polar surface area (TPSA) is 100 Å². The van der Waals surface area contributed by atoms with Crippen molar-refractivity contribution in [3.05, 3.63) is 58.4 Å². The zero-order chi connectivity index (χ0) is 19.4. The maximum atomic E-state index is 12.9. The van der Waals surface area contributed by atoms with E-state index in [0.29, 0.717) is 18.7 Å². The number of carbonyl (C=O) groups excluding carboxylic acids is 2. The van der Waals surface area contributed by atoms with Crippen LogP contribution in [0.2, 0.25) is 0 Å². The predicted molar refractivity (Wildman–Crippen MR) is 102 cm³/mol. The fourth-order valence-electron chi connectivity index (χ4n) is 3.89. The number of allylic oxidation sites excluding steroid dienone is 2. The van der Waals surface area contributed by atoms with E-state index in [1.54, 1.807) is 0 Å². The summed E-state index contributed by atoms with van der Waals surface area (Å²) in [5.74, 6) is -0.627. The molecule has 8 heteroatoms. The molecule has 2 amide bonds. The number of imide groups is 1. The SMILES string of the molecule is Cc1ccc(-c2nc3[nH]c(=O)cc(N4C(=O)[C@H]5CC=CC[C@@H]5C4=O)n3n2)cc1. The lowest BCUT2D eigenvalue weighted by Gasteiger charge is -2.14. The van der Waals surface area contributed by atoms with Crippen LogP contribution in [-0.4, -0.2) is 31.4 Å². The first-order valence-corrected chi connectivity index (χ1v) is 9.13. The van der Waals surface area contributed by atoms with Gasteiger partial charge in [-0.15, -0.1) is 5.10 Å². The monoisotopic (exact) mass is 375 g/mol. The Morgan fingerprint density at radius 2 is 1.64 bits per heavy atom. The summed E-state index contributed by atoms with van der Waals surface area (Å²) >= 11 is 0. The summed E-state index contributed by atoms with van der Waals surface area (Å²) in [6.45, 7) is 1.98.